The molecule has 198 valence electrons. The fourth-order valence-corrected chi connectivity index (χ4v) is 4.22. The van der Waals surface area contributed by atoms with Crippen molar-refractivity contribution in [2.24, 2.45) is 0 Å². The quantitative estimate of drug-likeness (QED) is 0.247. The smallest absolute Gasteiger partial charge is 0.423 e. The Balaban J connectivity index is 2.21. The monoisotopic (exact) mass is 543 g/mol. The van der Waals surface area contributed by atoms with Crippen molar-refractivity contribution in [3.63, 3.8) is 0 Å². The molecule has 3 rings (SSSR count). The van der Waals surface area contributed by atoms with Crippen LogP contribution in [0.1, 0.15) is 44.9 Å². The normalized spacial score (nSPS) is 19.3. The first-order valence-corrected chi connectivity index (χ1v) is 11.0. The zero-order chi connectivity index (χ0) is 28.1. The lowest BCUT2D eigenvalue weighted by Gasteiger charge is -2.36. The van der Waals surface area contributed by atoms with Gasteiger partial charge in [-0.2, -0.15) is 13.2 Å². The topological polar surface area (TPSA) is 113 Å². The SMILES string of the molecule is CC(C)(C)OC(=O)N1C(=S)N(c2ccc([N+](=O)[O-])c(C(F)(F)F)c2)C(=O)[C@@]1(C)[C@@H](O)c1ccc(F)cc1. The number of ether oxygens (including phenoxy) is 1. The van der Waals surface area contributed by atoms with E-state index < -0.39 is 68.2 Å². The van der Waals surface area contributed by atoms with Crippen LogP contribution in [0.2, 0.25) is 0 Å². The summed E-state index contributed by atoms with van der Waals surface area (Å²) in [6, 6.07) is 6.09. The van der Waals surface area contributed by atoms with Gasteiger partial charge >= 0.3 is 12.3 Å². The highest BCUT2D eigenvalue weighted by Gasteiger charge is 2.61. The Bertz CT molecular complexity index is 1280. The summed E-state index contributed by atoms with van der Waals surface area (Å²) in [5.41, 5.74) is -6.79. The molecule has 0 unspecified atom stereocenters. The minimum Gasteiger partial charge on any atom is -0.443 e. The maximum absolute atomic E-state index is 13.7. The number of benzene rings is 2. The summed E-state index contributed by atoms with van der Waals surface area (Å²) in [5, 5.41) is 21.7. The van der Waals surface area contributed by atoms with E-state index in [1.165, 1.54) is 20.8 Å². The predicted molar refractivity (Wildman–Crippen MR) is 126 cm³/mol. The molecule has 1 saturated heterocycles. The van der Waals surface area contributed by atoms with Crippen molar-refractivity contribution in [2.45, 2.75) is 51.1 Å². The number of alkyl halides is 3. The summed E-state index contributed by atoms with van der Waals surface area (Å²) >= 11 is 5.29. The van der Waals surface area contributed by atoms with Gasteiger partial charge in [0, 0.05) is 6.07 Å². The van der Waals surface area contributed by atoms with Crippen molar-refractivity contribution in [3.8, 4) is 0 Å². The van der Waals surface area contributed by atoms with Crippen molar-refractivity contribution in [1.29, 1.82) is 0 Å². The number of halogens is 4. The Kier molecular flexibility index (Phi) is 7.05. The van der Waals surface area contributed by atoms with Gasteiger partial charge in [0.15, 0.2) is 10.7 Å². The van der Waals surface area contributed by atoms with Crippen LogP contribution in [0.3, 0.4) is 0 Å². The highest BCUT2D eigenvalue weighted by Crippen LogP contribution is 2.44. The van der Waals surface area contributed by atoms with E-state index in [-0.39, 0.29) is 5.56 Å². The third kappa shape index (κ3) is 5.11. The number of hydrogen-bond donors (Lipinski definition) is 1. The summed E-state index contributed by atoms with van der Waals surface area (Å²) < 4.78 is 59.6. The fraction of sp³-hybridized carbons (Fsp3) is 0.348. The third-order valence-corrected chi connectivity index (χ3v) is 5.88. The van der Waals surface area contributed by atoms with Crippen LogP contribution >= 0.6 is 12.2 Å². The van der Waals surface area contributed by atoms with Crippen LogP contribution in [0.15, 0.2) is 42.5 Å². The molecule has 9 nitrogen and oxygen atoms in total. The maximum atomic E-state index is 13.7. The third-order valence-electron chi connectivity index (χ3n) is 5.52. The van der Waals surface area contributed by atoms with Gasteiger partial charge < -0.3 is 9.84 Å². The summed E-state index contributed by atoms with van der Waals surface area (Å²) in [7, 11) is 0. The van der Waals surface area contributed by atoms with Gasteiger partial charge in [0.1, 0.15) is 23.1 Å². The molecule has 14 heteroatoms. The van der Waals surface area contributed by atoms with Crippen LogP contribution in [0, 0.1) is 15.9 Å². The Morgan fingerprint density at radius 2 is 1.73 bits per heavy atom. The van der Waals surface area contributed by atoms with Crippen LogP contribution in [0.5, 0.6) is 0 Å². The molecular weight excluding hydrogens is 522 g/mol. The molecule has 1 fully saturated rings. The molecule has 0 radical (unpaired) electrons. The zero-order valence-corrected chi connectivity index (χ0v) is 20.7. The van der Waals surface area contributed by atoms with Gasteiger partial charge in [-0.25, -0.2) is 14.1 Å². The standard InChI is InChI=1S/C23H21F4N3O6S/c1-21(2,3)36-20(33)29-19(37)28(14-9-10-16(30(34)35)15(11-14)23(25,26)27)18(32)22(29,4)17(31)12-5-7-13(24)8-6-12/h5-11,17,31H,1-4H3/t17-,22+/m0/s1. The highest BCUT2D eigenvalue weighted by atomic mass is 32.1. The number of thiocarbonyl (C=S) groups is 1. The molecule has 2 aromatic carbocycles. The highest BCUT2D eigenvalue weighted by molar-refractivity contribution is 7.80. The molecule has 2 atom stereocenters. The Morgan fingerprint density at radius 3 is 2.22 bits per heavy atom. The van der Waals surface area contributed by atoms with Crippen LogP contribution in [0.4, 0.5) is 33.7 Å². The number of anilines is 1. The number of amides is 2. The van der Waals surface area contributed by atoms with E-state index in [4.69, 9.17) is 17.0 Å². The minimum absolute atomic E-state index is 0.00450. The van der Waals surface area contributed by atoms with Gasteiger partial charge in [0.25, 0.3) is 11.6 Å². The first kappa shape index (κ1) is 27.9. The van der Waals surface area contributed by atoms with Gasteiger partial charge in [-0.3, -0.25) is 19.8 Å². The zero-order valence-electron chi connectivity index (χ0n) is 19.9. The van der Waals surface area contributed by atoms with Gasteiger partial charge in [-0.05, 0) is 69.7 Å². The van der Waals surface area contributed by atoms with E-state index in [2.05, 4.69) is 0 Å². The summed E-state index contributed by atoms with van der Waals surface area (Å²) in [4.78, 5) is 38.0. The number of nitro groups is 1. The molecule has 0 saturated carbocycles. The number of aliphatic hydroxyl groups is 1. The van der Waals surface area contributed by atoms with Gasteiger partial charge in [0.05, 0.1) is 10.6 Å². The van der Waals surface area contributed by atoms with Crippen LogP contribution < -0.4 is 4.90 Å². The molecule has 1 heterocycles. The van der Waals surface area contributed by atoms with Crippen molar-refractivity contribution in [2.75, 3.05) is 4.90 Å². The first-order chi connectivity index (χ1) is 16.9. The molecule has 2 amide bonds. The van der Waals surface area contributed by atoms with E-state index in [0.29, 0.717) is 21.9 Å². The molecule has 2 aromatic rings. The summed E-state index contributed by atoms with van der Waals surface area (Å²) in [6.07, 6.45) is -8.18. The Hall–Kier alpha value is -3.65. The van der Waals surface area contributed by atoms with Crippen molar-refractivity contribution < 1.29 is 41.9 Å². The lowest BCUT2D eigenvalue weighted by Crippen LogP contribution is -2.55. The van der Waals surface area contributed by atoms with E-state index in [1.807, 2.05) is 0 Å². The van der Waals surface area contributed by atoms with E-state index in [0.717, 1.165) is 37.3 Å². The molecule has 0 aromatic heterocycles. The van der Waals surface area contributed by atoms with Crippen LogP contribution in [-0.4, -0.2) is 43.2 Å². The number of rotatable bonds is 4. The second-order valence-corrected chi connectivity index (χ2v) is 9.66. The molecule has 0 spiro atoms. The van der Waals surface area contributed by atoms with Crippen molar-refractivity contribution >= 4 is 40.7 Å². The number of nitro benzene ring substituents is 1. The van der Waals surface area contributed by atoms with Crippen LogP contribution in [0.25, 0.3) is 0 Å². The summed E-state index contributed by atoms with van der Waals surface area (Å²) in [5.74, 6) is -1.77. The lowest BCUT2D eigenvalue weighted by atomic mass is 9.88. The molecule has 1 N–H and O–H groups in total. The number of carbonyl (C=O) groups is 2. The second-order valence-electron chi connectivity index (χ2n) is 9.30. The molecule has 0 aliphatic carbocycles. The Morgan fingerprint density at radius 1 is 1.16 bits per heavy atom. The number of nitrogens with zero attached hydrogens (tertiary/aromatic N) is 3. The van der Waals surface area contributed by atoms with Crippen molar-refractivity contribution in [1.82, 2.24) is 4.90 Å². The molecule has 1 aliphatic heterocycles. The van der Waals surface area contributed by atoms with Crippen molar-refractivity contribution in [3.05, 3.63) is 69.5 Å². The second kappa shape index (κ2) is 9.34. The van der Waals surface area contributed by atoms with E-state index in [9.17, 15) is 42.4 Å². The molecule has 1 aliphatic rings. The van der Waals surface area contributed by atoms with Gasteiger partial charge in [0.2, 0.25) is 0 Å². The molecule has 0 bridgehead atoms. The number of hydrogen-bond acceptors (Lipinski definition) is 7. The van der Waals surface area contributed by atoms with E-state index >= 15 is 0 Å². The van der Waals surface area contributed by atoms with Gasteiger partial charge in [-0.15, -0.1) is 0 Å². The number of carbonyl (C=O) groups excluding carboxylic acids is 2. The maximum Gasteiger partial charge on any atom is 0.423 e. The molecule has 37 heavy (non-hydrogen) atoms. The van der Waals surface area contributed by atoms with Gasteiger partial charge in [-0.1, -0.05) is 12.1 Å². The minimum atomic E-state index is -5.16. The average molecular weight is 543 g/mol. The number of aliphatic hydroxyl groups excluding tert-OH is 1. The fourth-order valence-electron chi connectivity index (χ4n) is 3.77. The van der Waals surface area contributed by atoms with E-state index in [1.54, 1.807) is 0 Å². The molecular formula is C23H21F4N3O6S. The predicted octanol–water partition coefficient (Wildman–Crippen LogP) is 5.11. The first-order valence-electron chi connectivity index (χ1n) is 10.6. The lowest BCUT2D eigenvalue weighted by molar-refractivity contribution is -0.388. The summed E-state index contributed by atoms with van der Waals surface area (Å²) in [6.45, 7) is 5.67. The average Bonchev–Trinajstić information content (AvgIpc) is 2.97. The van der Waals surface area contributed by atoms with Crippen LogP contribution in [-0.2, 0) is 15.7 Å². The largest absolute Gasteiger partial charge is 0.443 e. The Labute approximate surface area is 213 Å².